The minimum atomic E-state index is -1.20. The number of nitrogens with one attached hydrogen (secondary N) is 4. The summed E-state index contributed by atoms with van der Waals surface area (Å²) in [6.07, 6.45) is 3.14. The molecule has 0 aliphatic carbocycles. The molecule has 35 heavy (non-hydrogen) atoms. The molecule has 10 nitrogen and oxygen atoms in total. The zero-order valence-corrected chi connectivity index (χ0v) is 18.7. The van der Waals surface area contributed by atoms with Crippen molar-refractivity contribution in [3.8, 4) is 0 Å². The number of aromatic nitrogens is 1. The van der Waals surface area contributed by atoms with Crippen LogP contribution in [-0.4, -0.2) is 46.5 Å². The standard InChI is InChI=1S/C25H25N5O5/c31-22(30-21(24(33)34)12-18-8-5-11-26-14-18)16-27-23(32)19-9-4-10-20(13-19)29-25(35)28-15-17-6-2-1-3-7-17/h1-11,13-14,21H,12,15-16H2,(H,27,32)(H,30,31)(H,33,34)(H2,28,29,35). The maximum Gasteiger partial charge on any atom is 0.326 e. The quantitative estimate of drug-likeness (QED) is 0.303. The third-order valence-electron chi connectivity index (χ3n) is 4.88. The van der Waals surface area contributed by atoms with Crippen LogP contribution >= 0.6 is 0 Å². The van der Waals surface area contributed by atoms with Gasteiger partial charge in [0, 0.05) is 36.6 Å². The Bertz CT molecular complexity index is 1170. The van der Waals surface area contributed by atoms with Gasteiger partial charge >= 0.3 is 12.0 Å². The van der Waals surface area contributed by atoms with Crippen molar-refractivity contribution >= 4 is 29.5 Å². The molecule has 3 aromatic rings. The third kappa shape index (κ3) is 8.28. The first kappa shape index (κ1) is 24.9. The van der Waals surface area contributed by atoms with E-state index in [0.29, 0.717) is 17.8 Å². The van der Waals surface area contributed by atoms with Crippen LogP contribution in [-0.2, 0) is 22.6 Å². The maximum absolute atomic E-state index is 12.5. The van der Waals surface area contributed by atoms with Crippen LogP contribution in [0.15, 0.2) is 79.1 Å². The zero-order chi connectivity index (χ0) is 25.0. The number of benzene rings is 2. The third-order valence-corrected chi connectivity index (χ3v) is 4.88. The van der Waals surface area contributed by atoms with Gasteiger partial charge in [0.25, 0.3) is 5.91 Å². The fourth-order valence-corrected chi connectivity index (χ4v) is 3.15. The fourth-order valence-electron chi connectivity index (χ4n) is 3.15. The number of carboxylic acids is 1. The lowest BCUT2D eigenvalue weighted by atomic mass is 10.1. The summed E-state index contributed by atoms with van der Waals surface area (Å²) in [5.74, 6) is -2.39. The molecule has 0 bridgehead atoms. The van der Waals surface area contributed by atoms with E-state index in [2.05, 4.69) is 26.3 Å². The molecule has 0 aliphatic rings. The molecule has 0 saturated carbocycles. The van der Waals surface area contributed by atoms with Gasteiger partial charge in [0.05, 0.1) is 6.54 Å². The minimum Gasteiger partial charge on any atom is -0.480 e. The number of anilines is 1. The molecule has 2 aromatic carbocycles. The Hall–Kier alpha value is -4.73. The van der Waals surface area contributed by atoms with Crippen molar-refractivity contribution in [2.45, 2.75) is 19.0 Å². The second-order valence-corrected chi connectivity index (χ2v) is 7.58. The Morgan fingerprint density at radius 2 is 1.66 bits per heavy atom. The van der Waals surface area contributed by atoms with Crippen molar-refractivity contribution in [3.05, 3.63) is 95.8 Å². The van der Waals surface area contributed by atoms with Crippen molar-refractivity contribution in [1.82, 2.24) is 20.9 Å². The van der Waals surface area contributed by atoms with Crippen LogP contribution in [0.5, 0.6) is 0 Å². The average molecular weight is 476 g/mol. The van der Waals surface area contributed by atoms with Crippen LogP contribution in [0.1, 0.15) is 21.5 Å². The number of urea groups is 1. The highest BCUT2D eigenvalue weighted by Crippen LogP contribution is 2.11. The van der Waals surface area contributed by atoms with Crippen molar-refractivity contribution in [1.29, 1.82) is 0 Å². The molecule has 3 rings (SSSR count). The van der Waals surface area contributed by atoms with Crippen molar-refractivity contribution < 1.29 is 24.3 Å². The Kier molecular flexibility index (Phi) is 8.89. The Balaban J connectivity index is 1.48. The number of hydrogen-bond acceptors (Lipinski definition) is 5. The zero-order valence-electron chi connectivity index (χ0n) is 18.7. The molecule has 0 saturated heterocycles. The van der Waals surface area contributed by atoms with Crippen molar-refractivity contribution in [3.63, 3.8) is 0 Å². The van der Waals surface area contributed by atoms with E-state index < -0.39 is 36.4 Å². The van der Waals surface area contributed by atoms with Gasteiger partial charge in [0.15, 0.2) is 0 Å². The molecule has 10 heteroatoms. The highest BCUT2D eigenvalue weighted by atomic mass is 16.4. The largest absolute Gasteiger partial charge is 0.480 e. The smallest absolute Gasteiger partial charge is 0.326 e. The topological polar surface area (TPSA) is 150 Å². The normalized spacial score (nSPS) is 11.1. The van der Waals surface area contributed by atoms with E-state index in [0.717, 1.165) is 5.56 Å². The van der Waals surface area contributed by atoms with Crippen LogP contribution in [0.25, 0.3) is 0 Å². The summed E-state index contributed by atoms with van der Waals surface area (Å²) in [6, 6.07) is 17.4. The molecule has 0 radical (unpaired) electrons. The van der Waals surface area contributed by atoms with E-state index in [1.165, 1.54) is 18.3 Å². The molecule has 5 N–H and O–H groups in total. The molecule has 1 unspecified atom stereocenters. The number of carbonyl (C=O) groups excluding carboxylic acids is 3. The number of hydrogen-bond donors (Lipinski definition) is 5. The van der Waals surface area contributed by atoms with Crippen LogP contribution < -0.4 is 21.3 Å². The molecule has 0 fully saturated rings. The van der Waals surface area contributed by atoms with Gasteiger partial charge in [-0.15, -0.1) is 0 Å². The molecular formula is C25H25N5O5. The van der Waals surface area contributed by atoms with Gasteiger partial charge in [-0.1, -0.05) is 42.5 Å². The first-order valence-corrected chi connectivity index (χ1v) is 10.8. The predicted octanol–water partition coefficient (Wildman–Crippen LogP) is 1.95. The average Bonchev–Trinajstić information content (AvgIpc) is 2.87. The van der Waals surface area contributed by atoms with E-state index in [9.17, 15) is 24.3 Å². The molecule has 0 aliphatic heterocycles. The summed E-state index contributed by atoms with van der Waals surface area (Å²) in [5.41, 5.74) is 2.22. The predicted molar refractivity (Wildman–Crippen MR) is 129 cm³/mol. The van der Waals surface area contributed by atoms with E-state index in [1.807, 2.05) is 30.3 Å². The highest BCUT2D eigenvalue weighted by Gasteiger charge is 2.21. The van der Waals surface area contributed by atoms with Gasteiger partial charge < -0.3 is 26.4 Å². The van der Waals surface area contributed by atoms with E-state index in [-0.39, 0.29) is 12.0 Å². The lowest BCUT2D eigenvalue weighted by molar-refractivity contribution is -0.141. The lowest BCUT2D eigenvalue weighted by Gasteiger charge is -2.15. The lowest BCUT2D eigenvalue weighted by Crippen LogP contribution is -2.46. The van der Waals surface area contributed by atoms with Crippen molar-refractivity contribution in [2.75, 3.05) is 11.9 Å². The second kappa shape index (κ2) is 12.5. The highest BCUT2D eigenvalue weighted by molar-refractivity contribution is 5.98. The number of rotatable bonds is 10. The van der Waals surface area contributed by atoms with Crippen LogP contribution in [0.3, 0.4) is 0 Å². The second-order valence-electron chi connectivity index (χ2n) is 7.58. The molecule has 4 amide bonds. The Labute approximate surface area is 201 Å². The van der Waals surface area contributed by atoms with Gasteiger partial charge in [-0.2, -0.15) is 0 Å². The van der Waals surface area contributed by atoms with Gasteiger partial charge in [0.2, 0.25) is 5.91 Å². The number of pyridine rings is 1. The summed E-state index contributed by atoms with van der Waals surface area (Å²) in [6.45, 7) is -0.0645. The summed E-state index contributed by atoms with van der Waals surface area (Å²) in [4.78, 5) is 52.2. The monoisotopic (exact) mass is 475 g/mol. The molecule has 0 spiro atoms. The number of aliphatic carboxylic acids is 1. The van der Waals surface area contributed by atoms with E-state index in [4.69, 9.17) is 0 Å². The summed E-state index contributed by atoms with van der Waals surface area (Å²) in [5, 5.41) is 19.6. The molecule has 1 atom stereocenters. The number of nitrogens with zero attached hydrogens (tertiary/aromatic N) is 1. The van der Waals surface area contributed by atoms with Crippen LogP contribution in [0.4, 0.5) is 10.5 Å². The number of amides is 4. The van der Waals surface area contributed by atoms with Crippen molar-refractivity contribution in [2.24, 2.45) is 0 Å². The SMILES string of the molecule is O=C(CNC(=O)c1cccc(NC(=O)NCc2ccccc2)c1)NC(Cc1cccnc1)C(=O)O. The summed E-state index contributed by atoms with van der Waals surface area (Å²) < 4.78 is 0. The molecular weight excluding hydrogens is 450 g/mol. The van der Waals surface area contributed by atoms with Crippen LogP contribution in [0.2, 0.25) is 0 Å². The molecule has 1 aromatic heterocycles. The van der Waals surface area contributed by atoms with Gasteiger partial charge in [-0.3, -0.25) is 14.6 Å². The molecule has 180 valence electrons. The van der Waals surface area contributed by atoms with Crippen LogP contribution in [0, 0.1) is 0 Å². The van der Waals surface area contributed by atoms with Gasteiger partial charge in [-0.05, 0) is 35.4 Å². The minimum absolute atomic E-state index is 0.0584. The number of carbonyl (C=O) groups is 4. The Morgan fingerprint density at radius 3 is 2.37 bits per heavy atom. The van der Waals surface area contributed by atoms with Gasteiger partial charge in [0.1, 0.15) is 6.04 Å². The van der Waals surface area contributed by atoms with E-state index >= 15 is 0 Å². The van der Waals surface area contributed by atoms with Gasteiger partial charge in [-0.25, -0.2) is 9.59 Å². The summed E-state index contributed by atoms with van der Waals surface area (Å²) >= 11 is 0. The Morgan fingerprint density at radius 1 is 0.886 bits per heavy atom. The fraction of sp³-hybridized carbons (Fsp3) is 0.160. The first-order valence-electron chi connectivity index (χ1n) is 10.8. The van der Waals surface area contributed by atoms with E-state index in [1.54, 1.807) is 30.5 Å². The maximum atomic E-state index is 12.5. The number of carboxylic acid groups (broad SMARTS) is 1. The first-order chi connectivity index (χ1) is 16.9. The summed E-state index contributed by atoms with van der Waals surface area (Å²) in [7, 11) is 0. The molecule has 1 heterocycles.